The molecule has 14 heavy (non-hydrogen) atoms. The fourth-order valence-electron chi connectivity index (χ4n) is 1.55. The quantitative estimate of drug-likeness (QED) is 0.513. The van der Waals surface area contributed by atoms with Gasteiger partial charge < -0.3 is 10.3 Å². The Morgan fingerprint density at radius 3 is 1.93 bits per heavy atom. The highest BCUT2D eigenvalue weighted by Gasteiger charge is 2.59. The van der Waals surface area contributed by atoms with Gasteiger partial charge in [-0.15, -0.1) is 0 Å². The predicted molar refractivity (Wildman–Crippen MR) is 54.2 cm³/mol. The molecule has 1 N–H and O–H groups in total. The SMILES string of the molecule is CC1=[N+]([O-])C(C)(C(C)(C)O)OC1(C)C. The topological polar surface area (TPSA) is 55.5 Å². The minimum absolute atomic E-state index is 0.585. The minimum Gasteiger partial charge on any atom is -0.622 e. The summed E-state index contributed by atoms with van der Waals surface area (Å²) < 4.78 is 6.42. The Morgan fingerprint density at radius 1 is 1.36 bits per heavy atom. The summed E-state index contributed by atoms with van der Waals surface area (Å²) in [5, 5.41) is 21.8. The van der Waals surface area contributed by atoms with Crippen molar-refractivity contribution in [3.8, 4) is 0 Å². The summed E-state index contributed by atoms with van der Waals surface area (Å²) in [4.78, 5) is 0. The molecule has 1 aliphatic heterocycles. The molecule has 0 aromatic heterocycles. The van der Waals surface area contributed by atoms with Gasteiger partial charge in [0.2, 0.25) is 0 Å². The van der Waals surface area contributed by atoms with E-state index in [-0.39, 0.29) is 0 Å². The third-order valence-electron chi connectivity index (χ3n) is 3.15. The first-order valence-corrected chi connectivity index (χ1v) is 4.76. The molecule has 82 valence electrons. The van der Waals surface area contributed by atoms with Gasteiger partial charge in [0.25, 0.3) is 0 Å². The van der Waals surface area contributed by atoms with E-state index in [9.17, 15) is 10.3 Å². The lowest BCUT2D eigenvalue weighted by atomic mass is 9.96. The first-order valence-electron chi connectivity index (χ1n) is 4.76. The Kier molecular flexibility index (Phi) is 2.21. The van der Waals surface area contributed by atoms with Crippen molar-refractivity contribution >= 4 is 5.71 Å². The van der Waals surface area contributed by atoms with Gasteiger partial charge in [-0.25, -0.2) is 0 Å². The molecular formula is C10H19NO3. The van der Waals surface area contributed by atoms with Crippen LogP contribution in [0.15, 0.2) is 0 Å². The van der Waals surface area contributed by atoms with Gasteiger partial charge in [0.1, 0.15) is 5.60 Å². The number of hydroxylamine groups is 1. The highest BCUT2D eigenvalue weighted by Crippen LogP contribution is 2.37. The molecule has 0 amide bonds. The summed E-state index contributed by atoms with van der Waals surface area (Å²) in [7, 11) is 0. The van der Waals surface area contributed by atoms with Crippen molar-refractivity contribution < 1.29 is 14.6 Å². The summed E-state index contributed by atoms with van der Waals surface area (Å²) in [6.45, 7) is 10.1. The van der Waals surface area contributed by atoms with Crippen LogP contribution in [0.25, 0.3) is 0 Å². The second-order valence-corrected chi connectivity index (χ2v) is 5.03. The van der Waals surface area contributed by atoms with Crippen molar-refractivity contribution in [3.63, 3.8) is 0 Å². The molecule has 0 radical (unpaired) electrons. The Balaban J connectivity index is 3.23. The molecule has 4 nitrogen and oxygen atoms in total. The maximum absolute atomic E-state index is 11.9. The Morgan fingerprint density at radius 2 is 1.79 bits per heavy atom. The van der Waals surface area contributed by atoms with Gasteiger partial charge in [0, 0.05) is 13.8 Å². The van der Waals surface area contributed by atoms with Crippen molar-refractivity contribution in [2.45, 2.75) is 58.5 Å². The van der Waals surface area contributed by atoms with E-state index in [0.29, 0.717) is 5.71 Å². The van der Waals surface area contributed by atoms with Crippen molar-refractivity contribution in [1.29, 1.82) is 0 Å². The van der Waals surface area contributed by atoms with Gasteiger partial charge in [0.15, 0.2) is 11.3 Å². The molecule has 1 atom stereocenters. The average molecular weight is 201 g/mol. The third kappa shape index (κ3) is 1.33. The van der Waals surface area contributed by atoms with E-state index in [1.165, 1.54) is 0 Å². The van der Waals surface area contributed by atoms with E-state index in [4.69, 9.17) is 4.74 Å². The number of rotatable bonds is 1. The fourth-order valence-corrected chi connectivity index (χ4v) is 1.55. The van der Waals surface area contributed by atoms with Crippen LogP contribution in [0.2, 0.25) is 0 Å². The first kappa shape index (κ1) is 11.5. The van der Waals surface area contributed by atoms with E-state index < -0.39 is 16.9 Å². The van der Waals surface area contributed by atoms with Crippen LogP contribution >= 0.6 is 0 Å². The molecule has 1 heterocycles. The third-order valence-corrected chi connectivity index (χ3v) is 3.15. The first-order chi connectivity index (χ1) is 6.02. The van der Waals surface area contributed by atoms with Gasteiger partial charge in [-0.3, -0.25) is 4.74 Å². The van der Waals surface area contributed by atoms with Crippen LogP contribution < -0.4 is 0 Å². The van der Waals surface area contributed by atoms with Crippen molar-refractivity contribution in [1.82, 2.24) is 0 Å². The Hall–Kier alpha value is -0.610. The van der Waals surface area contributed by atoms with Crippen LogP contribution in [-0.2, 0) is 4.74 Å². The van der Waals surface area contributed by atoms with Crippen molar-refractivity contribution in [2.75, 3.05) is 0 Å². The van der Waals surface area contributed by atoms with Crippen molar-refractivity contribution in [2.24, 2.45) is 0 Å². The highest BCUT2D eigenvalue weighted by atomic mass is 16.6. The van der Waals surface area contributed by atoms with Crippen LogP contribution in [0.4, 0.5) is 0 Å². The lowest BCUT2D eigenvalue weighted by molar-refractivity contribution is -0.615. The molecule has 0 aromatic rings. The largest absolute Gasteiger partial charge is 0.622 e. The molecule has 1 rings (SSSR count). The summed E-state index contributed by atoms with van der Waals surface area (Å²) in [5.41, 5.74) is -2.44. The Labute approximate surface area is 84.8 Å². The summed E-state index contributed by atoms with van der Waals surface area (Å²) >= 11 is 0. The summed E-state index contributed by atoms with van der Waals surface area (Å²) in [6.07, 6.45) is 0. The highest BCUT2D eigenvalue weighted by molar-refractivity contribution is 5.86. The number of hydrogen-bond donors (Lipinski definition) is 1. The minimum atomic E-state index is -1.21. The van der Waals surface area contributed by atoms with Crippen LogP contribution in [0, 0.1) is 5.21 Å². The molecule has 0 bridgehead atoms. The zero-order chi connectivity index (χ0) is 11.4. The van der Waals surface area contributed by atoms with E-state index in [2.05, 4.69) is 0 Å². The lowest BCUT2D eigenvalue weighted by Gasteiger charge is -2.34. The van der Waals surface area contributed by atoms with Gasteiger partial charge in [-0.1, -0.05) is 0 Å². The molecule has 4 heteroatoms. The number of nitrogens with zero attached hydrogens (tertiary/aromatic N) is 1. The smallest absolute Gasteiger partial charge is 0.304 e. The normalized spacial score (nSPS) is 32.5. The van der Waals surface area contributed by atoms with Gasteiger partial charge in [-0.2, -0.15) is 4.74 Å². The molecule has 0 aliphatic carbocycles. The second kappa shape index (κ2) is 2.70. The van der Waals surface area contributed by atoms with Gasteiger partial charge in [0.05, 0.1) is 0 Å². The molecule has 0 spiro atoms. The predicted octanol–water partition coefficient (Wildman–Crippen LogP) is 1.25. The van der Waals surface area contributed by atoms with E-state index in [1.54, 1.807) is 27.7 Å². The number of aliphatic hydroxyl groups is 1. The average Bonchev–Trinajstić information content (AvgIpc) is 2.11. The van der Waals surface area contributed by atoms with Gasteiger partial charge >= 0.3 is 5.72 Å². The summed E-state index contributed by atoms with van der Waals surface area (Å²) in [5.74, 6) is 0. The van der Waals surface area contributed by atoms with Gasteiger partial charge in [-0.05, 0) is 27.7 Å². The van der Waals surface area contributed by atoms with Crippen LogP contribution in [0.3, 0.4) is 0 Å². The monoisotopic (exact) mass is 201 g/mol. The molecule has 1 aliphatic rings. The molecule has 0 aromatic carbocycles. The molecule has 1 unspecified atom stereocenters. The lowest BCUT2D eigenvalue weighted by Crippen LogP contribution is -2.54. The zero-order valence-corrected chi connectivity index (χ0v) is 9.71. The second-order valence-electron chi connectivity index (χ2n) is 5.03. The molecule has 0 fully saturated rings. The standard InChI is InChI=1S/C10H19NO3/c1-7-8(2,3)14-10(6,11(7)13)9(4,5)12/h12H,1-6H3. The number of hydrogen-bond acceptors (Lipinski definition) is 3. The zero-order valence-electron chi connectivity index (χ0n) is 9.71. The van der Waals surface area contributed by atoms with Crippen molar-refractivity contribution in [3.05, 3.63) is 5.21 Å². The van der Waals surface area contributed by atoms with Crippen LogP contribution in [0.5, 0.6) is 0 Å². The Bertz CT molecular complexity index is 288. The van der Waals surface area contributed by atoms with Crippen LogP contribution in [-0.4, -0.2) is 32.5 Å². The molecular weight excluding hydrogens is 182 g/mol. The maximum Gasteiger partial charge on any atom is 0.304 e. The van der Waals surface area contributed by atoms with E-state index in [1.807, 2.05) is 13.8 Å². The molecule has 0 saturated carbocycles. The van der Waals surface area contributed by atoms with Crippen LogP contribution in [0.1, 0.15) is 41.5 Å². The summed E-state index contributed by atoms with van der Waals surface area (Å²) in [6, 6.07) is 0. The van der Waals surface area contributed by atoms with E-state index in [0.717, 1.165) is 4.74 Å². The maximum atomic E-state index is 11.9. The number of ether oxygens (including phenoxy) is 1. The fraction of sp³-hybridized carbons (Fsp3) is 0.900. The molecule has 0 saturated heterocycles. The van der Waals surface area contributed by atoms with E-state index >= 15 is 0 Å².